The molecule has 0 fully saturated rings. The fourth-order valence-corrected chi connectivity index (χ4v) is 3.68. The molecular formula is C20H14Br2N4O. The summed E-state index contributed by atoms with van der Waals surface area (Å²) in [5, 5.41) is 14.4. The van der Waals surface area contributed by atoms with Gasteiger partial charge in [0.05, 0.1) is 22.5 Å². The van der Waals surface area contributed by atoms with E-state index in [0.717, 1.165) is 37.0 Å². The van der Waals surface area contributed by atoms with Crippen LogP contribution in [0.3, 0.4) is 0 Å². The highest BCUT2D eigenvalue weighted by molar-refractivity contribution is 9.10. The van der Waals surface area contributed by atoms with Gasteiger partial charge in [-0.1, -0.05) is 44.0 Å². The van der Waals surface area contributed by atoms with Crippen LogP contribution in [-0.2, 0) is 0 Å². The van der Waals surface area contributed by atoms with E-state index in [0.29, 0.717) is 11.5 Å². The molecule has 27 heavy (non-hydrogen) atoms. The molecular weight excluding hydrogens is 472 g/mol. The Kier molecular flexibility index (Phi) is 4.64. The lowest BCUT2D eigenvalue weighted by Gasteiger charge is -2.24. The lowest BCUT2D eigenvalue weighted by molar-refractivity contribution is 0.228. The van der Waals surface area contributed by atoms with Gasteiger partial charge < -0.3 is 4.74 Å². The predicted molar refractivity (Wildman–Crippen MR) is 110 cm³/mol. The normalized spacial score (nSPS) is 15.9. The molecule has 2 heterocycles. The van der Waals surface area contributed by atoms with E-state index in [2.05, 4.69) is 43.0 Å². The molecule has 0 spiro atoms. The number of nitrogens with two attached hydrogens (primary N) is 1. The summed E-state index contributed by atoms with van der Waals surface area (Å²) in [7, 11) is 0. The number of hydrogen-bond acceptors (Lipinski definition) is 4. The number of ether oxygens (including phenoxy) is 1. The third-order valence-electron chi connectivity index (χ3n) is 4.39. The zero-order valence-electron chi connectivity index (χ0n) is 14.3. The number of aromatic nitrogens is 2. The zero-order valence-corrected chi connectivity index (χ0v) is 17.5. The monoisotopic (exact) mass is 484 g/mol. The van der Waals surface area contributed by atoms with Gasteiger partial charge in [0, 0.05) is 14.5 Å². The van der Waals surface area contributed by atoms with Crippen molar-refractivity contribution in [3.8, 4) is 17.6 Å². The second-order valence-corrected chi connectivity index (χ2v) is 7.93. The van der Waals surface area contributed by atoms with Crippen LogP contribution < -0.4 is 10.5 Å². The van der Waals surface area contributed by atoms with Crippen molar-refractivity contribution in [3.05, 3.63) is 79.9 Å². The van der Waals surface area contributed by atoms with E-state index < -0.39 is 6.23 Å². The smallest absolute Gasteiger partial charge is 0.226 e. The molecule has 0 radical (unpaired) electrons. The van der Waals surface area contributed by atoms with Crippen molar-refractivity contribution in [1.82, 2.24) is 9.78 Å². The van der Waals surface area contributed by atoms with Gasteiger partial charge in [-0.25, -0.2) is 4.68 Å². The Hall–Kier alpha value is -2.40. The van der Waals surface area contributed by atoms with Gasteiger partial charge >= 0.3 is 0 Å². The van der Waals surface area contributed by atoms with Crippen molar-refractivity contribution < 1.29 is 4.74 Å². The first-order valence-corrected chi connectivity index (χ1v) is 9.76. The number of halogens is 2. The minimum atomic E-state index is -0.855. The van der Waals surface area contributed by atoms with Gasteiger partial charge in [-0.3, -0.25) is 5.73 Å². The van der Waals surface area contributed by atoms with Crippen LogP contribution in [0.15, 0.2) is 63.0 Å². The van der Waals surface area contributed by atoms with Crippen LogP contribution in [0.25, 0.3) is 11.3 Å². The first-order chi connectivity index (χ1) is 13.0. The lowest BCUT2D eigenvalue weighted by Crippen LogP contribution is -2.33. The number of fused-ring (bicyclic) bond motifs is 1. The highest BCUT2D eigenvalue weighted by Gasteiger charge is 2.33. The Morgan fingerprint density at radius 2 is 1.67 bits per heavy atom. The van der Waals surface area contributed by atoms with Crippen LogP contribution in [0.4, 0.5) is 0 Å². The number of rotatable bonds is 2. The minimum Gasteiger partial charge on any atom is -0.453 e. The number of benzene rings is 2. The van der Waals surface area contributed by atoms with Crippen LogP contribution in [0.2, 0.25) is 0 Å². The summed E-state index contributed by atoms with van der Waals surface area (Å²) in [6.07, 6.45) is -0.855. The number of nitriles is 1. The maximum Gasteiger partial charge on any atom is 0.226 e. The molecule has 1 unspecified atom stereocenters. The lowest BCUT2D eigenvalue weighted by atomic mass is 9.91. The Bertz CT molecular complexity index is 1090. The second-order valence-electron chi connectivity index (χ2n) is 6.10. The molecule has 1 aliphatic heterocycles. The Labute approximate surface area is 173 Å². The molecule has 4 rings (SSSR count). The van der Waals surface area contributed by atoms with Gasteiger partial charge in [0.2, 0.25) is 5.88 Å². The van der Waals surface area contributed by atoms with E-state index in [1.165, 1.54) is 0 Å². The molecule has 1 aliphatic rings. The van der Waals surface area contributed by atoms with E-state index in [1.54, 1.807) is 4.68 Å². The van der Waals surface area contributed by atoms with Crippen molar-refractivity contribution in [2.24, 2.45) is 5.73 Å². The van der Waals surface area contributed by atoms with Crippen LogP contribution in [0, 0.1) is 18.3 Å². The van der Waals surface area contributed by atoms with Gasteiger partial charge in [0.1, 0.15) is 6.07 Å². The summed E-state index contributed by atoms with van der Waals surface area (Å²) in [6, 6.07) is 17.8. The average Bonchev–Trinajstić information content (AvgIpc) is 2.98. The summed E-state index contributed by atoms with van der Waals surface area (Å²) in [6.45, 7) is 1.91. The SMILES string of the molecule is Cc1nn(-c2ccc(Br)cc2)c2c1C(c1ccc(Br)cc1)=C(C#N)C(N)O2. The largest absolute Gasteiger partial charge is 0.453 e. The Balaban J connectivity index is 1.97. The van der Waals surface area contributed by atoms with Crippen molar-refractivity contribution in [2.75, 3.05) is 0 Å². The van der Waals surface area contributed by atoms with Crippen LogP contribution in [0.5, 0.6) is 5.88 Å². The standard InChI is InChI=1S/C20H14Br2N4O/c1-11-17-18(12-2-4-13(21)5-3-12)16(10-23)19(24)27-20(17)26(25-11)15-8-6-14(22)7-9-15/h2-9,19H,24H2,1H3. The quantitative estimate of drug-likeness (QED) is 0.570. The fourth-order valence-electron chi connectivity index (χ4n) is 3.15. The number of aryl methyl sites for hydroxylation is 1. The van der Waals surface area contributed by atoms with E-state index in [9.17, 15) is 5.26 Å². The summed E-state index contributed by atoms with van der Waals surface area (Å²) >= 11 is 6.89. The van der Waals surface area contributed by atoms with Gasteiger partial charge in [0.25, 0.3) is 0 Å². The summed E-state index contributed by atoms with van der Waals surface area (Å²) < 4.78 is 9.59. The molecule has 0 saturated heterocycles. The Morgan fingerprint density at radius 1 is 1.07 bits per heavy atom. The number of nitrogens with zero attached hydrogens (tertiary/aromatic N) is 3. The third-order valence-corrected chi connectivity index (χ3v) is 5.44. The topological polar surface area (TPSA) is 76.9 Å². The van der Waals surface area contributed by atoms with Crippen LogP contribution in [0.1, 0.15) is 16.8 Å². The second kappa shape index (κ2) is 6.97. The molecule has 5 nitrogen and oxygen atoms in total. The molecule has 134 valence electrons. The maximum absolute atomic E-state index is 9.71. The maximum atomic E-state index is 9.71. The fraction of sp³-hybridized carbons (Fsp3) is 0.100. The summed E-state index contributed by atoms with van der Waals surface area (Å²) in [4.78, 5) is 0. The molecule has 0 bridgehead atoms. The molecule has 2 N–H and O–H groups in total. The molecule has 0 saturated carbocycles. The summed E-state index contributed by atoms with van der Waals surface area (Å²) in [5.74, 6) is 0.541. The first kappa shape index (κ1) is 18.0. The average molecular weight is 486 g/mol. The zero-order chi connectivity index (χ0) is 19.1. The van der Waals surface area contributed by atoms with Gasteiger partial charge in [-0.05, 0) is 48.9 Å². The molecule has 2 aromatic carbocycles. The highest BCUT2D eigenvalue weighted by Crippen LogP contribution is 2.42. The molecule has 0 amide bonds. The van der Waals surface area contributed by atoms with E-state index in [4.69, 9.17) is 10.5 Å². The predicted octanol–water partition coefficient (Wildman–Crippen LogP) is 4.71. The van der Waals surface area contributed by atoms with Crippen LogP contribution >= 0.6 is 31.9 Å². The number of hydrogen-bond donors (Lipinski definition) is 1. The van der Waals surface area contributed by atoms with E-state index in [-0.39, 0.29) is 0 Å². The Morgan fingerprint density at radius 3 is 2.26 bits per heavy atom. The first-order valence-electron chi connectivity index (χ1n) is 8.18. The van der Waals surface area contributed by atoms with E-state index >= 15 is 0 Å². The van der Waals surface area contributed by atoms with Crippen molar-refractivity contribution >= 4 is 37.4 Å². The summed E-state index contributed by atoms with van der Waals surface area (Å²) in [5.41, 5.74) is 10.6. The van der Waals surface area contributed by atoms with Gasteiger partial charge in [-0.2, -0.15) is 10.4 Å². The van der Waals surface area contributed by atoms with Crippen molar-refractivity contribution in [1.29, 1.82) is 5.26 Å². The third kappa shape index (κ3) is 3.10. The molecule has 3 aromatic rings. The minimum absolute atomic E-state index is 0.392. The van der Waals surface area contributed by atoms with Gasteiger partial charge in [-0.15, -0.1) is 0 Å². The molecule has 1 atom stereocenters. The molecule has 1 aromatic heterocycles. The molecule has 0 aliphatic carbocycles. The van der Waals surface area contributed by atoms with Crippen molar-refractivity contribution in [2.45, 2.75) is 13.2 Å². The van der Waals surface area contributed by atoms with E-state index in [1.807, 2.05) is 55.5 Å². The van der Waals surface area contributed by atoms with Crippen molar-refractivity contribution in [3.63, 3.8) is 0 Å². The highest BCUT2D eigenvalue weighted by atomic mass is 79.9. The van der Waals surface area contributed by atoms with Gasteiger partial charge in [0.15, 0.2) is 6.23 Å². The van der Waals surface area contributed by atoms with Crippen LogP contribution in [-0.4, -0.2) is 16.0 Å². The molecule has 7 heteroatoms.